The van der Waals surface area contributed by atoms with Crippen LogP contribution in [0.15, 0.2) is 35.5 Å². The molecule has 0 radical (unpaired) electrons. The SMILES string of the molecule is NC(N)=NCCCC(NC(=O)C(CO)NC(=O)C(Cc1c[nH]c2ccccc12)NC(=O)C(N)CS)C(=O)O. The van der Waals surface area contributed by atoms with Gasteiger partial charge in [0, 0.05) is 35.8 Å². The maximum absolute atomic E-state index is 13.2. The molecule has 0 saturated heterocycles. The lowest BCUT2D eigenvalue weighted by Crippen LogP contribution is -2.58. The van der Waals surface area contributed by atoms with Crippen molar-refractivity contribution in [3.8, 4) is 0 Å². The number of rotatable bonds is 15. The van der Waals surface area contributed by atoms with Gasteiger partial charge in [-0.2, -0.15) is 12.6 Å². The Labute approximate surface area is 224 Å². The van der Waals surface area contributed by atoms with E-state index in [1.807, 2.05) is 24.3 Å². The number of nitrogens with zero attached hydrogens (tertiary/aromatic N) is 1. The smallest absolute Gasteiger partial charge is 0.326 e. The van der Waals surface area contributed by atoms with Crippen molar-refractivity contribution in [1.82, 2.24) is 20.9 Å². The number of para-hydroxylation sites is 1. The number of carbonyl (C=O) groups is 4. The highest BCUT2D eigenvalue weighted by atomic mass is 32.1. The molecule has 2 aromatic rings. The number of hydrogen-bond acceptors (Lipinski definition) is 8. The fraction of sp³-hybridized carbons (Fsp3) is 0.435. The van der Waals surface area contributed by atoms with Gasteiger partial charge in [-0.25, -0.2) is 4.79 Å². The Morgan fingerprint density at radius 2 is 1.63 bits per heavy atom. The summed E-state index contributed by atoms with van der Waals surface area (Å²) in [5, 5.41) is 27.3. The van der Waals surface area contributed by atoms with E-state index in [9.17, 15) is 29.4 Å². The number of H-pyrrole nitrogens is 1. The summed E-state index contributed by atoms with van der Waals surface area (Å²) in [7, 11) is 0. The van der Waals surface area contributed by atoms with Crippen molar-refractivity contribution in [2.24, 2.45) is 22.2 Å². The van der Waals surface area contributed by atoms with Gasteiger partial charge in [-0.3, -0.25) is 19.4 Å². The molecule has 0 aliphatic carbocycles. The molecule has 0 aliphatic heterocycles. The minimum absolute atomic E-state index is 0.00477. The fourth-order valence-electron chi connectivity index (χ4n) is 3.59. The van der Waals surface area contributed by atoms with Crippen molar-refractivity contribution < 1.29 is 29.4 Å². The lowest BCUT2D eigenvalue weighted by Gasteiger charge is -2.24. The Balaban J connectivity index is 2.15. The number of amides is 3. The molecule has 0 spiro atoms. The van der Waals surface area contributed by atoms with Crippen molar-refractivity contribution in [3.63, 3.8) is 0 Å². The average Bonchev–Trinajstić information content (AvgIpc) is 3.30. The Hall–Kier alpha value is -3.82. The lowest BCUT2D eigenvalue weighted by molar-refractivity contribution is -0.142. The third-order valence-corrected chi connectivity index (χ3v) is 6.03. The molecule has 4 atom stereocenters. The van der Waals surface area contributed by atoms with Crippen LogP contribution in [-0.4, -0.2) is 87.9 Å². The molecule has 3 amide bonds. The number of guanidine groups is 1. The average molecular weight is 551 g/mol. The number of benzene rings is 1. The number of nitrogens with two attached hydrogens (primary N) is 3. The second-order valence-corrected chi connectivity index (χ2v) is 8.87. The Bertz CT molecular complexity index is 1150. The number of fused-ring (bicyclic) bond motifs is 1. The van der Waals surface area contributed by atoms with Crippen molar-refractivity contribution in [2.45, 2.75) is 43.4 Å². The predicted molar refractivity (Wildman–Crippen MR) is 144 cm³/mol. The van der Waals surface area contributed by atoms with E-state index in [1.54, 1.807) is 6.20 Å². The zero-order chi connectivity index (χ0) is 28.2. The maximum atomic E-state index is 13.2. The van der Waals surface area contributed by atoms with Crippen LogP contribution in [0.25, 0.3) is 10.9 Å². The number of aromatic amines is 1. The summed E-state index contributed by atoms with van der Waals surface area (Å²) in [6, 6.07) is 2.43. The van der Waals surface area contributed by atoms with E-state index in [1.165, 1.54) is 0 Å². The van der Waals surface area contributed by atoms with E-state index >= 15 is 0 Å². The number of aliphatic hydroxyl groups excluding tert-OH is 1. The number of nitrogens with one attached hydrogen (secondary N) is 4. The van der Waals surface area contributed by atoms with E-state index in [-0.39, 0.29) is 37.5 Å². The van der Waals surface area contributed by atoms with Gasteiger partial charge in [0.05, 0.1) is 12.6 Å². The van der Waals surface area contributed by atoms with Gasteiger partial charge in [0.2, 0.25) is 17.7 Å². The van der Waals surface area contributed by atoms with Crippen LogP contribution in [-0.2, 0) is 25.6 Å². The standard InChI is InChI=1S/C23H34N8O6S/c24-14(11-38)19(33)30-17(8-12-9-28-15-5-2-1-4-13(12)15)20(34)31-18(10-32)21(35)29-16(22(36)37)6-3-7-27-23(25)26/h1-2,4-5,9,14,16-18,28,32,38H,3,6-8,10-11,24H2,(H,29,35)(H,30,33)(H,31,34)(H,36,37)(H4,25,26,27). The van der Waals surface area contributed by atoms with Gasteiger partial charge in [-0.1, -0.05) is 18.2 Å². The number of hydrogen-bond donors (Lipinski definition) is 10. The van der Waals surface area contributed by atoms with Crippen molar-refractivity contribution in [1.29, 1.82) is 0 Å². The van der Waals surface area contributed by atoms with Crippen LogP contribution in [0, 0.1) is 0 Å². The minimum Gasteiger partial charge on any atom is -0.480 e. The Kier molecular flexibility index (Phi) is 11.8. The number of carbonyl (C=O) groups excluding carboxylic acids is 3. The van der Waals surface area contributed by atoms with Gasteiger partial charge in [0.1, 0.15) is 18.1 Å². The first-order chi connectivity index (χ1) is 18.1. The molecule has 0 aliphatic rings. The number of aliphatic hydroxyl groups is 1. The fourth-order valence-corrected chi connectivity index (χ4v) is 3.76. The molecule has 0 bridgehead atoms. The van der Waals surface area contributed by atoms with Gasteiger partial charge in [-0.05, 0) is 24.5 Å². The van der Waals surface area contributed by atoms with E-state index in [0.29, 0.717) is 0 Å². The number of carboxylic acid groups (broad SMARTS) is 1. The van der Waals surface area contributed by atoms with E-state index < -0.39 is 54.5 Å². The third-order valence-electron chi connectivity index (χ3n) is 5.64. The quantitative estimate of drug-likeness (QED) is 0.0488. The molecule has 2 rings (SSSR count). The van der Waals surface area contributed by atoms with Crippen LogP contribution in [0.1, 0.15) is 18.4 Å². The van der Waals surface area contributed by atoms with E-state index in [0.717, 1.165) is 16.5 Å². The van der Waals surface area contributed by atoms with Gasteiger partial charge in [-0.15, -0.1) is 0 Å². The van der Waals surface area contributed by atoms with Crippen LogP contribution in [0.2, 0.25) is 0 Å². The number of aliphatic imine (C=N–C) groups is 1. The van der Waals surface area contributed by atoms with Gasteiger partial charge in [0.15, 0.2) is 5.96 Å². The minimum atomic E-state index is -1.48. The molecule has 12 N–H and O–H groups in total. The first-order valence-electron chi connectivity index (χ1n) is 11.8. The van der Waals surface area contributed by atoms with Gasteiger partial charge in [0.25, 0.3) is 0 Å². The molecule has 15 heteroatoms. The number of carboxylic acids is 1. The maximum Gasteiger partial charge on any atom is 0.326 e. The highest BCUT2D eigenvalue weighted by molar-refractivity contribution is 7.80. The zero-order valence-corrected chi connectivity index (χ0v) is 21.5. The lowest BCUT2D eigenvalue weighted by atomic mass is 10.0. The highest BCUT2D eigenvalue weighted by Crippen LogP contribution is 2.19. The summed E-state index contributed by atoms with van der Waals surface area (Å²) < 4.78 is 0. The first-order valence-corrected chi connectivity index (χ1v) is 12.4. The second-order valence-electron chi connectivity index (χ2n) is 8.51. The molecule has 0 fully saturated rings. The Morgan fingerprint density at radius 3 is 2.26 bits per heavy atom. The largest absolute Gasteiger partial charge is 0.480 e. The summed E-state index contributed by atoms with van der Waals surface area (Å²) in [5.41, 5.74) is 17.8. The predicted octanol–water partition coefficient (Wildman–Crippen LogP) is -2.45. The van der Waals surface area contributed by atoms with Crippen LogP contribution in [0.3, 0.4) is 0 Å². The number of aliphatic carboxylic acids is 1. The molecule has 208 valence electrons. The monoisotopic (exact) mass is 550 g/mol. The Morgan fingerprint density at radius 1 is 1.00 bits per heavy atom. The molecular formula is C23H34N8O6S. The molecular weight excluding hydrogens is 516 g/mol. The highest BCUT2D eigenvalue weighted by Gasteiger charge is 2.30. The van der Waals surface area contributed by atoms with Crippen molar-refractivity contribution in [3.05, 3.63) is 36.0 Å². The summed E-state index contributed by atoms with van der Waals surface area (Å²) >= 11 is 4.01. The summed E-state index contributed by atoms with van der Waals surface area (Å²) in [6.07, 6.45) is 2.01. The zero-order valence-electron chi connectivity index (χ0n) is 20.6. The third kappa shape index (κ3) is 8.93. The summed E-state index contributed by atoms with van der Waals surface area (Å²) in [4.78, 5) is 56.8. The molecule has 38 heavy (non-hydrogen) atoms. The molecule has 1 heterocycles. The normalized spacial score (nSPS) is 14.1. The number of aromatic nitrogens is 1. The van der Waals surface area contributed by atoms with Crippen LogP contribution in [0.5, 0.6) is 0 Å². The van der Waals surface area contributed by atoms with E-state index in [2.05, 4.69) is 38.6 Å². The number of thiol groups is 1. The molecule has 4 unspecified atom stereocenters. The van der Waals surface area contributed by atoms with Gasteiger partial charge < -0.3 is 48.3 Å². The summed E-state index contributed by atoms with van der Waals surface area (Å²) in [5.74, 6) is -3.74. The second kappa shape index (κ2) is 14.8. The van der Waals surface area contributed by atoms with Crippen molar-refractivity contribution in [2.75, 3.05) is 18.9 Å². The van der Waals surface area contributed by atoms with Gasteiger partial charge >= 0.3 is 5.97 Å². The summed E-state index contributed by atoms with van der Waals surface area (Å²) in [6.45, 7) is -0.659. The van der Waals surface area contributed by atoms with Crippen LogP contribution in [0.4, 0.5) is 0 Å². The van der Waals surface area contributed by atoms with Crippen LogP contribution < -0.4 is 33.2 Å². The van der Waals surface area contributed by atoms with Crippen molar-refractivity contribution >= 4 is 53.2 Å². The van der Waals surface area contributed by atoms with E-state index in [4.69, 9.17) is 17.2 Å². The first kappa shape index (κ1) is 30.4. The molecule has 1 aromatic carbocycles. The molecule has 0 saturated carbocycles. The topological polar surface area (TPSA) is 251 Å². The molecule has 1 aromatic heterocycles. The molecule has 14 nitrogen and oxygen atoms in total. The van der Waals surface area contributed by atoms with Crippen LogP contribution >= 0.6 is 12.6 Å².